The fraction of sp³-hybridized carbons (Fsp3) is 0.700. The summed E-state index contributed by atoms with van der Waals surface area (Å²) in [6.45, 7) is 0. The first kappa shape index (κ1) is 15.3. The van der Waals surface area contributed by atoms with E-state index in [2.05, 4.69) is 15.5 Å². The lowest BCUT2D eigenvalue weighted by molar-refractivity contribution is 0.248. The first-order valence-corrected chi connectivity index (χ1v) is 9.99. The number of hydrogen-bond donors (Lipinski definition) is 1. The molecule has 0 unspecified atom stereocenters. The Hall–Kier alpha value is -0.120. The number of urea groups is 1. The molecule has 9 heteroatoms. The van der Waals surface area contributed by atoms with E-state index in [4.69, 9.17) is 0 Å². The third-order valence-corrected chi connectivity index (χ3v) is 7.16. The largest absolute Gasteiger partial charge is 0.325 e. The van der Waals surface area contributed by atoms with Crippen molar-refractivity contribution in [3.05, 3.63) is 0 Å². The summed E-state index contributed by atoms with van der Waals surface area (Å²) in [5.41, 5.74) is 0. The van der Waals surface area contributed by atoms with Gasteiger partial charge in [-0.05, 0) is 30.6 Å². The van der Waals surface area contributed by atoms with Crippen LogP contribution in [0.2, 0.25) is 0 Å². The van der Waals surface area contributed by atoms with Crippen LogP contribution in [0.4, 0.5) is 9.93 Å². The lowest BCUT2D eigenvalue weighted by Gasteiger charge is -2.19. The van der Waals surface area contributed by atoms with Crippen LogP contribution in [-0.2, 0) is 0 Å². The molecule has 1 aliphatic rings. The molecule has 1 aliphatic heterocycles. The number of thioether (sulfide) groups is 3. The summed E-state index contributed by atoms with van der Waals surface area (Å²) in [6, 6.07) is -0.115. The zero-order chi connectivity index (χ0) is 13.7. The van der Waals surface area contributed by atoms with E-state index in [0.717, 1.165) is 15.8 Å². The lowest BCUT2D eigenvalue weighted by Crippen LogP contribution is -2.40. The number of hydrogen-bond acceptors (Lipinski definition) is 7. The average Bonchev–Trinajstić information content (AvgIpc) is 2.76. The van der Waals surface area contributed by atoms with Crippen LogP contribution in [0.5, 0.6) is 0 Å². The van der Waals surface area contributed by atoms with Crippen molar-refractivity contribution in [2.45, 2.75) is 21.9 Å². The second-order valence-corrected chi connectivity index (χ2v) is 8.58. The minimum atomic E-state index is -0.115. The summed E-state index contributed by atoms with van der Waals surface area (Å²) in [5, 5.41) is 11.7. The summed E-state index contributed by atoms with van der Waals surface area (Å²) >= 11 is 6.57. The van der Waals surface area contributed by atoms with Crippen molar-refractivity contribution in [3.63, 3.8) is 0 Å². The molecule has 0 aliphatic carbocycles. The van der Waals surface area contributed by atoms with Crippen LogP contribution < -0.4 is 10.2 Å². The lowest BCUT2D eigenvalue weighted by atomic mass is 10.4. The van der Waals surface area contributed by atoms with E-state index in [1.807, 2.05) is 6.26 Å². The van der Waals surface area contributed by atoms with Crippen LogP contribution in [0.25, 0.3) is 0 Å². The van der Waals surface area contributed by atoms with Gasteiger partial charge in [0.25, 0.3) is 0 Å². The Kier molecular flexibility index (Phi) is 6.11. The van der Waals surface area contributed by atoms with Crippen LogP contribution >= 0.6 is 46.6 Å². The molecule has 2 heterocycles. The van der Waals surface area contributed by atoms with Gasteiger partial charge in [0, 0.05) is 7.05 Å². The molecular weight excluding hydrogens is 320 g/mol. The summed E-state index contributed by atoms with van der Waals surface area (Å²) in [6.07, 6.45) is 4.41. The molecule has 0 saturated carbocycles. The number of rotatable bonds is 3. The van der Waals surface area contributed by atoms with E-state index < -0.39 is 0 Å². The standard InChI is InChI=1S/C10H16N4OS4/c1-14(8-12-13-10(16-2)19-8)7(15)11-9-17-5-3-4-6-18-9/h9H,3-6H2,1-2H3,(H,11,15). The maximum absolute atomic E-state index is 12.1. The fourth-order valence-electron chi connectivity index (χ4n) is 1.42. The van der Waals surface area contributed by atoms with Gasteiger partial charge in [-0.25, -0.2) is 4.79 Å². The summed E-state index contributed by atoms with van der Waals surface area (Å²) < 4.78 is 1.01. The van der Waals surface area contributed by atoms with Gasteiger partial charge in [0.05, 0.1) is 0 Å². The maximum Gasteiger partial charge on any atom is 0.325 e. The van der Waals surface area contributed by atoms with Crippen molar-refractivity contribution in [2.75, 3.05) is 29.7 Å². The first-order chi connectivity index (χ1) is 9.20. The van der Waals surface area contributed by atoms with E-state index in [1.165, 1.54) is 40.8 Å². The van der Waals surface area contributed by atoms with Gasteiger partial charge in [-0.3, -0.25) is 4.90 Å². The van der Waals surface area contributed by atoms with E-state index >= 15 is 0 Å². The van der Waals surface area contributed by atoms with Gasteiger partial charge in [0.2, 0.25) is 5.13 Å². The number of anilines is 1. The third kappa shape index (κ3) is 4.44. The van der Waals surface area contributed by atoms with Crippen molar-refractivity contribution < 1.29 is 4.79 Å². The highest BCUT2D eigenvalue weighted by atomic mass is 32.2. The predicted octanol–water partition coefficient (Wildman–Crippen LogP) is 2.95. The molecule has 106 valence electrons. The Bertz CT molecular complexity index is 419. The highest BCUT2D eigenvalue weighted by molar-refractivity contribution is 8.17. The molecule has 0 bridgehead atoms. The summed E-state index contributed by atoms with van der Waals surface area (Å²) in [7, 11) is 1.73. The molecule has 2 amide bonds. The van der Waals surface area contributed by atoms with Crippen molar-refractivity contribution in [1.29, 1.82) is 0 Å². The minimum absolute atomic E-state index is 0.115. The zero-order valence-corrected chi connectivity index (χ0v) is 14.1. The predicted molar refractivity (Wildman–Crippen MR) is 86.6 cm³/mol. The Morgan fingerprint density at radius 2 is 2.05 bits per heavy atom. The normalized spacial score (nSPS) is 16.9. The molecule has 1 N–H and O–H groups in total. The first-order valence-electron chi connectivity index (χ1n) is 5.85. The van der Waals surface area contributed by atoms with Gasteiger partial charge in [-0.15, -0.1) is 33.7 Å². The molecule has 19 heavy (non-hydrogen) atoms. The topological polar surface area (TPSA) is 58.1 Å². The molecule has 0 spiro atoms. The van der Waals surface area contributed by atoms with Gasteiger partial charge in [-0.2, -0.15) is 0 Å². The fourth-order valence-corrected chi connectivity index (χ4v) is 5.14. The van der Waals surface area contributed by atoms with Crippen molar-refractivity contribution in [1.82, 2.24) is 15.5 Å². The van der Waals surface area contributed by atoms with E-state index in [9.17, 15) is 4.79 Å². The molecule has 0 radical (unpaired) electrons. The number of nitrogens with one attached hydrogen (secondary N) is 1. The molecule has 0 atom stereocenters. The van der Waals surface area contributed by atoms with Crippen LogP contribution in [0.1, 0.15) is 12.8 Å². The van der Waals surface area contributed by atoms with Gasteiger partial charge in [-0.1, -0.05) is 23.1 Å². The Morgan fingerprint density at radius 1 is 1.37 bits per heavy atom. The summed E-state index contributed by atoms with van der Waals surface area (Å²) in [5.74, 6) is 2.22. The maximum atomic E-state index is 12.1. The summed E-state index contributed by atoms with van der Waals surface area (Å²) in [4.78, 5) is 13.7. The van der Waals surface area contributed by atoms with Gasteiger partial charge >= 0.3 is 6.03 Å². The molecule has 1 saturated heterocycles. The highest BCUT2D eigenvalue weighted by Gasteiger charge is 2.20. The van der Waals surface area contributed by atoms with E-state index in [-0.39, 0.29) is 10.7 Å². The van der Waals surface area contributed by atoms with Crippen molar-refractivity contribution in [2.24, 2.45) is 0 Å². The van der Waals surface area contributed by atoms with Crippen LogP contribution in [0.3, 0.4) is 0 Å². The van der Waals surface area contributed by atoms with E-state index in [1.54, 1.807) is 30.6 Å². The zero-order valence-electron chi connectivity index (χ0n) is 10.8. The Morgan fingerprint density at radius 3 is 2.63 bits per heavy atom. The highest BCUT2D eigenvalue weighted by Crippen LogP contribution is 2.29. The molecule has 1 aromatic rings. The number of aromatic nitrogens is 2. The Labute approximate surface area is 129 Å². The van der Waals surface area contributed by atoms with Crippen molar-refractivity contribution >= 4 is 57.8 Å². The monoisotopic (exact) mass is 336 g/mol. The van der Waals surface area contributed by atoms with Crippen molar-refractivity contribution in [3.8, 4) is 0 Å². The van der Waals surface area contributed by atoms with Gasteiger partial charge in [0.15, 0.2) is 4.34 Å². The van der Waals surface area contributed by atoms with Gasteiger partial charge in [0.1, 0.15) is 4.71 Å². The Balaban J connectivity index is 1.90. The molecule has 0 aromatic carbocycles. The van der Waals surface area contributed by atoms with Crippen LogP contribution in [-0.4, -0.2) is 45.7 Å². The van der Waals surface area contributed by atoms with Crippen LogP contribution in [0.15, 0.2) is 4.34 Å². The number of carbonyl (C=O) groups is 1. The molecule has 1 aromatic heterocycles. The van der Waals surface area contributed by atoms with E-state index in [0.29, 0.717) is 5.13 Å². The number of carbonyl (C=O) groups excluding carboxylic acids is 1. The average molecular weight is 337 g/mol. The number of amides is 2. The molecule has 5 nitrogen and oxygen atoms in total. The smallest absolute Gasteiger partial charge is 0.317 e. The second-order valence-electron chi connectivity index (χ2n) is 3.84. The third-order valence-electron chi connectivity index (χ3n) is 2.48. The molecular formula is C10H16N4OS4. The molecule has 2 rings (SSSR count). The quantitative estimate of drug-likeness (QED) is 0.676. The van der Waals surface area contributed by atoms with Crippen LogP contribution in [0, 0.1) is 0 Å². The molecule has 1 fully saturated rings. The number of nitrogens with zero attached hydrogens (tertiary/aromatic N) is 3. The van der Waals surface area contributed by atoms with Gasteiger partial charge < -0.3 is 5.32 Å². The second kappa shape index (κ2) is 7.61. The SMILES string of the molecule is CSc1nnc(N(C)C(=O)NC2SCCCCS2)s1. The minimum Gasteiger partial charge on any atom is -0.317 e.